The molecule has 0 spiro atoms. The van der Waals surface area contributed by atoms with Gasteiger partial charge in [0, 0.05) is 5.41 Å². The van der Waals surface area contributed by atoms with Gasteiger partial charge in [-0.3, -0.25) is 4.79 Å². The van der Waals surface area contributed by atoms with Crippen LogP contribution in [0.4, 0.5) is 0 Å². The van der Waals surface area contributed by atoms with Crippen LogP contribution >= 0.6 is 0 Å². The zero-order valence-electron chi connectivity index (χ0n) is 23.7. The van der Waals surface area contributed by atoms with E-state index in [2.05, 4.69) is 40.7 Å². The zero-order valence-corrected chi connectivity index (χ0v) is 23.7. The molecule has 36 heavy (non-hydrogen) atoms. The minimum atomic E-state index is -0.893. The van der Waals surface area contributed by atoms with Crippen LogP contribution in [0.5, 0.6) is 0 Å². The number of aliphatic hydroxyl groups is 3. The van der Waals surface area contributed by atoms with Gasteiger partial charge in [0.1, 0.15) is 0 Å². The third kappa shape index (κ3) is 3.14. The molecule has 0 aromatic rings. The highest BCUT2D eigenvalue weighted by Gasteiger charge is 2.70. The average Bonchev–Trinajstić information content (AvgIpc) is 2.82. The van der Waals surface area contributed by atoms with Crippen LogP contribution in [-0.2, 0) is 9.53 Å². The first-order valence-corrected chi connectivity index (χ1v) is 14.4. The molecule has 0 amide bonds. The fraction of sp³-hybridized carbons (Fsp3) is 0.903. The molecule has 204 valence electrons. The second kappa shape index (κ2) is 8.05. The summed E-state index contributed by atoms with van der Waals surface area (Å²) in [6.07, 6.45) is 9.16. The Morgan fingerprint density at radius 1 is 0.972 bits per heavy atom. The molecule has 4 fully saturated rings. The molecular formula is C31H50O5. The number of methoxy groups -OCH3 is 1. The molecule has 5 aliphatic carbocycles. The fourth-order valence-corrected chi connectivity index (χ4v) is 11.0. The topological polar surface area (TPSA) is 87.0 Å². The minimum absolute atomic E-state index is 0.0167. The fourth-order valence-electron chi connectivity index (χ4n) is 11.0. The van der Waals surface area contributed by atoms with Crippen LogP contribution in [-0.4, -0.2) is 47.2 Å². The third-order valence-corrected chi connectivity index (χ3v) is 13.3. The molecule has 0 saturated heterocycles. The van der Waals surface area contributed by atoms with Crippen LogP contribution in [0.15, 0.2) is 11.6 Å². The predicted octanol–water partition coefficient (Wildman–Crippen LogP) is 5.27. The van der Waals surface area contributed by atoms with E-state index in [4.69, 9.17) is 4.74 Å². The second-order valence-electron chi connectivity index (χ2n) is 15.2. The van der Waals surface area contributed by atoms with Crippen molar-refractivity contribution in [1.82, 2.24) is 0 Å². The molecular weight excluding hydrogens is 452 g/mol. The van der Waals surface area contributed by atoms with Crippen molar-refractivity contribution < 1.29 is 24.9 Å². The second-order valence-corrected chi connectivity index (χ2v) is 15.2. The number of rotatable bonds is 2. The number of carbonyl (C=O) groups excluding carboxylic acids is 1. The summed E-state index contributed by atoms with van der Waals surface area (Å²) in [6.45, 7) is 13.9. The van der Waals surface area contributed by atoms with Crippen LogP contribution in [0.1, 0.15) is 99.3 Å². The summed E-state index contributed by atoms with van der Waals surface area (Å²) >= 11 is 0. The van der Waals surface area contributed by atoms with E-state index in [0.29, 0.717) is 12.3 Å². The molecule has 3 N–H and O–H groups in total. The molecule has 5 aliphatic rings. The molecule has 0 bridgehead atoms. The molecule has 0 unspecified atom stereocenters. The first-order valence-electron chi connectivity index (χ1n) is 14.4. The van der Waals surface area contributed by atoms with E-state index in [9.17, 15) is 20.1 Å². The van der Waals surface area contributed by atoms with Crippen molar-refractivity contribution in [2.75, 3.05) is 13.7 Å². The summed E-state index contributed by atoms with van der Waals surface area (Å²) in [4.78, 5) is 13.4. The van der Waals surface area contributed by atoms with Crippen molar-refractivity contribution in [3.8, 4) is 0 Å². The van der Waals surface area contributed by atoms with Gasteiger partial charge in [-0.25, -0.2) is 0 Å². The molecule has 0 aromatic heterocycles. The Bertz CT molecular complexity index is 957. The maximum atomic E-state index is 13.4. The summed E-state index contributed by atoms with van der Waals surface area (Å²) in [6, 6.07) is 0. The van der Waals surface area contributed by atoms with E-state index < -0.39 is 23.0 Å². The quantitative estimate of drug-likeness (QED) is 0.354. The monoisotopic (exact) mass is 502 g/mol. The number of carbonyl (C=O) groups is 1. The van der Waals surface area contributed by atoms with Gasteiger partial charge in [0.05, 0.1) is 31.3 Å². The summed E-state index contributed by atoms with van der Waals surface area (Å²) in [7, 11) is 1.55. The lowest BCUT2D eigenvalue weighted by Crippen LogP contribution is -2.68. The highest BCUT2D eigenvalue weighted by atomic mass is 16.5. The number of aliphatic hydroxyl groups excluding tert-OH is 3. The molecule has 5 heteroatoms. The maximum Gasteiger partial charge on any atom is 0.312 e. The molecule has 0 aliphatic heterocycles. The lowest BCUT2D eigenvalue weighted by Gasteiger charge is -2.71. The Balaban J connectivity index is 1.61. The van der Waals surface area contributed by atoms with Gasteiger partial charge in [-0.1, -0.05) is 53.2 Å². The van der Waals surface area contributed by atoms with E-state index in [1.54, 1.807) is 7.11 Å². The zero-order chi connectivity index (χ0) is 26.5. The summed E-state index contributed by atoms with van der Waals surface area (Å²) in [5.74, 6) is 0.721. The number of ether oxygens (including phenoxy) is 1. The Labute approximate surface area is 218 Å². The highest BCUT2D eigenvalue weighted by molar-refractivity contribution is 5.78. The Kier molecular flexibility index (Phi) is 5.97. The van der Waals surface area contributed by atoms with Crippen LogP contribution in [0.2, 0.25) is 0 Å². The van der Waals surface area contributed by atoms with Gasteiger partial charge in [0.25, 0.3) is 0 Å². The van der Waals surface area contributed by atoms with E-state index in [1.807, 2.05) is 6.92 Å². The number of hydrogen-bond donors (Lipinski definition) is 3. The number of esters is 1. The van der Waals surface area contributed by atoms with Crippen molar-refractivity contribution in [2.24, 2.45) is 50.2 Å². The van der Waals surface area contributed by atoms with Crippen molar-refractivity contribution in [3.63, 3.8) is 0 Å². The molecule has 5 nitrogen and oxygen atoms in total. The van der Waals surface area contributed by atoms with Gasteiger partial charge in [-0.05, 0) is 97.2 Å². The van der Waals surface area contributed by atoms with Gasteiger partial charge >= 0.3 is 5.97 Å². The number of hydrogen-bond acceptors (Lipinski definition) is 5. The van der Waals surface area contributed by atoms with Crippen LogP contribution in [0.25, 0.3) is 0 Å². The molecule has 0 heterocycles. The standard InChI is InChI=1S/C31H50O5/c1-26(2)12-14-31(25(35)36-7)15-13-29(5)19(20(31)16-26)8-9-23-27(3)17-21(33)24(34)28(4,18-32)22(27)10-11-30(23,29)6/h8,20-24,32-34H,9-18H2,1-7H3/t20-,21+,22+,23+,24+,27-,28+,29+,30+,31-/m0/s1. The number of fused-ring (bicyclic) bond motifs is 7. The summed E-state index contributed by atoms with van der Waals surface area (Å²) in [5, 5.41) is 32.4. The van der Waals surface area contributed by atoms with Crippen molar-refractivity contribution >= 4 is 5.97 Å². The van der Waals surface area contributed by atoms with Gasteiger partial charge in [0.15, 0.2) is 0 Å². The average molecular weight is 503 g/mol. The molecule has 5 rings (SSSR count). The van der Waals surface area contributed by atoms with E-state index in [-0.39, 0.29) is 46.1 Å². The Morgan fingerprint density at radius 3 is 2.28 bits per heavy atom. The maximum absolute atomic E-state index is 13.4. The summed E-state index contributed by atoms with van der Waals surface area (Å²) in [5.41, 5.74) is 0.445. The van der Waals surface area contributed by atoms with E-state index in [0.717, 1.165) is 51.4 Å². The van der Waals surface area contributed by atoms with Gasteiger partial charge < -0.3 is 20.1 Å². The Morgan fingerprint density at radius 2 is 1.64 bits per heavy atom. The third-order valence-electron chi connectivity index (χ3n) is 13.3. The highest BCUT2D eigenvalue weighted by Crippen LogP contribution is 2.75. The van der Waals surface area contributed by atoms with E-state index >= 15 is 0 Å². The molecule has 0 aromatic carbocycles. The largest absolute Gasteiger partial charge is 0.469 e. The predicted molar refractivity (Wildman–Crippen MR) is 140 cm³/mol. The Hall–Kier alpha value is -0.910. The van der Waals surface area contributed by atoms with Crippen LogP contribution in [0.3, 0.4) is 0 Å². The minimum Gasteiger partial charge on any atom is -0.469 e. The van der Waals surface area contributed by atoms with Crippen LogP contribution < -0.4 is 0 Å². The van der Waals surface area contributed by atoms with Crippen molar-refractivity contribution in [3.05, 3.63) is 11.6 Å². The summed E-state index contributed by atoms with van der Waals surface area (Å²) < 4.78 is 5.47. The van der Waals surface area contributed by atoms with Crippen molar-refractivity contribution in [1.29, 1.82) is 0 Å². The van der Waals surface area contributed by atoms with Gasteiger partial charge in [-0.2, -0.15) is 0 Å². The van der Waals surface area contributed by atoms with Crippen molar-refractivity contribution in [2.45, 2.75) is 112 Å². The molecule has 0 radical (unpaired) electrons. The SMILES string of the molecule is COC(=O)[C@]12CCC(C)(C)C[C@H]1C1=CC[C@@H]3[C@@]4(C)C[C@@H](O)[C@@H](O)[C@](C)(CO)[C@@H]4CC[C@@]3(C)[C@]1(C)CC2. The first-order chi connectivity index (χ1) is 16.7. The number of allylic oxidation sites excluding steroid dienone is 2. The normalized spacial score (nSPS) is 53.7. The smallest absolute Gasteiger partial charge is 0.312 e. The van der Waals surface area contributed by atoms with Gasteiger partial charge in [0.2, 0.25) is 0 Å². The molecule has 4 saturated carbocycles. The van der Waals surface area contributed by atoms with Crippen LogP contribution in [0, 0.1) is 50.2 Å². The van der Waals surface area contributed by atoms with E-state index in [1.165, 1.54) is 5.57 Å². The molecule has 10 atom stereocenters. The lowest BCUT2D eigenvalue weighted by atomic mass is 9.33. The first kappa shape index (κ1) is 26.7. The lowest BCUT2D eigenvalue weighted by molar-refractivity contribution is -0.243. The van der Waals surface area contributed by atoms with Gasteiger partial charge in [-0.15, -0.1) is 0 Å².